The largest absolute Gasteiger partial charge is 0.358 e. The Balaban J connectivity index is 1.42. The number of para-hydroxylation sites is 1. The normalized spacial score (nSPS) is 17.5. The fourth-order valence-electron chi connectivity index (χ4n) is 4.06. The summed E-state index contributed by atoms with van der Waals surface area (Å²) in [4.78, 5) is 22.4. The molecule has 26 heavy (non-hydrogen) atoms. The maximum Gasteiger partial charge on any atom is 0.243 e. The predicted molar refractivity (Wildman–Crippen MR) is 107 cm³/mol. The number of benzene rings is 1. The number of carbonyl (C=O) groups excluding carboxylic acids is 1. The molecule has 1 saturated heterocycles. The first kappa shape index (κ1) is 17.2. The van der Waals surface area contributed by atoms with E-state index >= 15 is 0 Å². The van der Waals surface area contributed by atoms with Crippen LogP contribution < -0.4 is 5.32 Å². The molecule has 0 radical (unpaired) electrons. The molecule has 2 aromatic heterocycles. The van der Waals surface area contributed by atoms with Gasteiger partial charge in [0.25, 0.3) is 0 Å². The zero-order valence-corrected chi connectivity index (χ0v) is 16.0. The van der Waals surface area contributed by atoms with Crippen molar-refractivity contribution in [1.29, 1.82) is 0 Å². The molecule has 1 fully saturated rings. The number of thiazole rings is 1. The number of nitrogens with zero attached hydrogens (tertiary/aromatic N) is 2. The second kappa shape index (κ2) is 7.21. The van der Waals surface area contributed by atoms with Crippen LogP contribution in [0.2, 0.25) is 0 Å². The monoisotopic (exact) mass is 368 g/mol. The molecule has 1 aromatic carbocycles. The maximum absolute atomic E-state index is 12.5. The SMILES string of the molecule is Cc1[nH]c2ccccc2c1C1CCN(C(C)C(=O)Nc2nccs2)CC1. The van der Waals surface area contributed by atoms with E-state index in [0.717, 1.165) is 25.9 Å². The Hall–Kier alpha value is -2.18. The maximum atomic E-state index is 12.5. The molecule has 3 aromatic rings. The average Bonchev–Trinajstić information content (AvgIpc) is 3.27. The summed E-state index contributed by atoms with van der Waals surface area (Å²) in [6.07, 6.45) is 3.87. The van der Waals surface area contributed by atoms with Crippen LogP contribution in [0.15, 0.2) is 35.8 Å². The number of aryl methyl sites for hydroxylation is 1. The van der Waals surface area contributed by atoms with E-state index in [1.807, 2.05) is 12.3 Å². The number of piperidine rings is 1. The lowest BCUT2D eigenvalue weighted by atomic mass is 9.87. The number of hydrogen-bond donors (Lipinski definition) is 2. The third-order valence-electron chi connectivity index (χ3n) is 5.47. The molecule has 1 unspecified atom stereocenters. The summed E-state index contributed by atoms with van der Waals surface area (Å²) >= 11 is 1.45. The number of likely N-dealkylation sites (tertiary alicyclic amines) is 1. The van der Waals surface area contributed by atoms with E-state index in [1.165, 1.54) is 33.5 Å². The van der Waals surface area contributed by atoms with Crippen molar-refractivity contribution in [3.63, 3.8) is 0 Å². The van der Waals surface area contributed by atoms with Crippen molar-refractivity contribution >= 4 is 33.3 Å². The Morgan fingerprint density at radius 3 is 2.85 bits per heavy atom. The van der Waals surface area contributed by atoms with Crippen molar-refractivity contribution in [2.45, 2.75) is 38.6 Å². The van der Waals surface area contributed by atoms with E-state index in [4.69, 9.17) is 0 Å². The fraction of sp³-hybridized carbons (Fsp3) is 0.400. The van der Waals surface area contributed by atoms with Gasteiger partial charge in [0.2, 0.25) is 5.91 Å². The van der Waals surface area contributed by atoms with Crippen LogP contribution >= 0.6 is 11.3 Å². The highest BCUT2D eigenvalue weighted by molar-refractivity contribution is 7.13. The molecule has 1 aliphatic heterocycles. The molecule has 5 nitrogen and oxygen atoms in total. The highest BCUT2D eigenvalue weighted by Crippen LogP contribution is 2.36. The Labute approximate surface area is 157 Å². The number of fused-ring (bicyclic) bond motifs is 1. The minimum absolute atomic E-state index is 0.0293. The highest BCUT2D eigenvalue weighted by atomic mass is 32.1. The summed E-state index contributed by atoms with van der Waals surface area (Å²) < 4.78 is 0. The highest BCUT2D eigenvalue weighted by Gasteiger charge is 2.29. The average molecular weight is 369 g/mol. The summed E-state index contributed by atoms with van der Waals surface area (Å²) in [5.41, 5.74) is 3.96. The van der Waals surface area contributed by atoms with E-state index in [-0.39, 0.29) is 11.9 Å². The van der Waals surface area contributed by atoms with Gasteiger partial charge >= 0.3 is 0 Å². The van der Waals surface area contributed by atoms with Gasteiger partial charge in [0.05, 0.1) is 6.04 Å². The van der Waals surface area contributed by atoms with Crippen molar-refractivity contribution in [2.75, 3.05) is 18.4 Å². The first-order valence-electron chi connectivity index (χ1n) is 9.15. The van der Waals surface area contributed by atoms with E-state index in [9.17, 15) is 4.79 Å². The van der Waals surface area contributed by atoms with Gasteiger partial charge in [-0.2, -0.15) is 0 Å². The van der Waals surface area contributed by atoms with Crippen LogP contribution in [0.4, 0.5) is 5.13 Å². The minimum atomic E-state index is -0.135. The van der Waals surface area contributed by atoms with Crippen LogP contribution in [0.5, 0.6) is 0 Å². The minimum Gasteiger partial charge on any atom is -0.358 e. The molecule has 1 atom stereocenters. The van der Waals surface area contributed by atoms with Crippen LogP contribution in [0, 0.1) is 6.92 Å². The molecule has 136 valence electrons. The zero-order valence-electron chi connectivity index (χ0n) is 15.2. The van der Waals surface area contributed by atoms with Gasteiger partial charge < -0.3 is 10.3 Å². The molecule has 1 aliphatic rings. The van der Waals surface area contributed by atoms with Gasteiger partial charge in [-0.25, -0.2) is 4.98 Å². The van der Waals surface area contributed by atoms with Gasteiger partial charge in [-0.15, -0.1) is 11.3 Å². The quantitative estimate of drug-likeness (QED) is 0.727. The van der Waals surface area contributed by atoms with Crippen LogP contribution in [-0.4, -0.2) is 39.9 Å². The molecule has 3 heterocycles. The van der Waals surface area contributed by atoms with Gasteiger partial charge in [0, 0.05) is 28.2 Å². The molecular formula is C20H24N4OS. The number of aromatic nitrogens is 2. The number of H-pyrrole nitrogens is 1. The van der Waals surface area contributed by atoms with E-state index in [0.29, 0.717) is 11.0 Å². The molecule has 1 amide bonds. The molecule has 0 spiro atoms. The number of nitrogens with one attached hydrogen (secondary N) is 2. The summed E-state index contributed by atoms with van der Waals surface area (Å²) in [7, 11) is 0. The third-order valence-corrected chi connectivity index (χ3v) is 6.16. The van der Waals surface area contributed by atoms with Gasteiger partial charge in [0.1, 0.15) is 0 Å². The number of hydrogen-bond acceptors (Lipinski definition) is 4. The lowest BCUT2D eigenvalue weighted by Gasteiger charge is -2.35. The lowest BCUT2D eigenvalue weighted by molar-refractivity contribution is -0.121. The van der Waals surface area contributed by atoms with Crippen LogP contribution in [0.1, 0.15) is 36.9 Å². The first-order chi connectivity index (χ1) is 12.6. The summed E-state index contributed by atoms with van der Waals surface area (Å²) in [6.45, 7) is 6.04. The Bertz CT molecular complexity index is 894. The van der Waals surface area contributed by atoms with Crippen LogP contribution in [0.25, 0.3) is 10.9 Å². The Morgan fingerprint density at radius 2 is 2.12 bits per heavy atom. The molecular weight excluding hydrogens is 344 g/mol. The van der Waals surface area contributed by atoms with Crippen molar-refractivity contribution < 1.29 is 4.79 Å². The fourth-order valence-corrected chi connectivity index (χ4v) is 4.59. The lowest BCUT2D eigenvalue weighted by Crippen LogP contribution is -2.45. The Morgan fingerprint density at radius 1 is 1.35 bits per heavy atom. The number of amides is 1. The molecule has 6 heteroatoms. The molecule has 0 bridgehead atoms. The third kappa shape index (κ3) is 3.27. The first-order valence-corrected chi connectivity index (χ1v) is 10.0. The van der Waals surface area contributed by atoms with Gasteiger partial charge in [-0.3, -0.25) is 9.69 Å². The van der Waals surface area contributed by atoms with Crippen molar-refractivity contribution in [1.82, 2.24) is 14.9 Å². The van der Waals surface area contributed by atoms with E-state index in [1.54, 1.807) is 6.20 Å². The van der Waals surface area contributed by atoms with Gasteiger partial charge in [-0.1, -0.05) is 18.2 Å². The second-order valence-corrected chi connectivity index (χ2v) is 7.92. The molecule has 4 rings (SSSR count). The molecule has 2 N–H and O–H groups in total. The summed E-state index contributed by atoms with van der Waals surface area (Å²) in [6, 6.07) is 8.41. The van der Waals surface area contributed by atoms with Crippen molar-refractivity contribution in [3.8, 4) is 0 Å². The van der Waals surface area contributed by atoms with E-state index < -0.39 is 0 Å². The Kier molecular flexibility index (Phi) is 4.78. The van der Waals surface area contributed by atoms with Crippen LogP contribution in [-0.2, 0) is 4.79 Å². The van der Waals surface area contributed by atoms with Crippen molar-refractivity contribution in [3.05, 3.63) is 47.1 Å². The van der Waals surface area contributed by atoms with E-state index in [2.05, 4.69) is 51.4 Å². The summed E-state index contributed by atoms with van der Waals surface area (Å²) in [5.74, 6) is 0.582. The number of aromatic amines is 1. The van der Waals surface area contributed by atoms with Crippen LogP contribution in [0.3, 0.4) is 0 Å². The molecule has 0 saturated carbocycles. The zero-order chi connectivity index (χ0) is 18.1. The number of anilines is 1. The van der Waals surface area contributed by atoms with Crippen molar-refractivity contribution in [2.24, 2.45) is 0 Å². The smallest absolute Gasteiger partial charge is 0.243 e. The second-order valence-electron chi connectivity index (χ2n) is 7.02. The predicted octanol–water partition coefficient (Wildman–Crippen LogP) is 4.14. The van der Waals surface area contributed by atoms with Gasteiger partial charge in [-0.05, 0) is 57.3 Å². The number of carbonyl (C=O) groups is 1. The summed E-state index contributed by atoms with van der Waals surface area (Å²) in [5, 5.41) is 6.80. The van der Waals surface area contributed by atoms with Gasteiger partial charge in [0.15, 0.2) is 5.13 Å². The topological polar surface area (TPSA) is 61.0 Å². The standard InChI is InChI=1S/C20H24N4OS/c1-13-18(16-5-3-4-6-17(16)22-13)15-7-10-24(11-8-15)14(2)19(25)23-20-21-9-12-26-20/h3-6,9,12,14-15,22H,7-8,10-11H2,1-2H3,(H,21,23,25). The molecule has 0 aliphatic carbocycles. The number of rotatable bonds is 4.